The van der Waals surface area contributed by atoms with Gasteiger partial charge in [-0.05, 0) is 26.2 Å². The fourth-order valence-corrected chi connectivity index (χ4v) is 4.10. The molecule has 0 bridgehead atoms. The maximum atomic E-state index is 12.3. The van der Waals surface area contributed by atoms with Crippen LogP contribution in [0.5, 0.6) is 0 Å². The van der Waals surface area contributed by atoms with Crippen molar-refractivity contribution < 1.29 is 4.79 Å². The molecule has 0 unspecified atom stereocenters. The smallest absolute Gasteiger partial charge is 0.240 e. The van der Waals surface area contributed by atoms with Gasteiger partial charge in [0.15, 0.2) is 5.13 Å². The lowest BCUT2D eigenvalue weighted by Gasteiger charge is -2.26. The molecule has 4 rings (SSSR count). The van der Waals surface area contributed by atoms with Gasteiger partial charge in [-0.3, -0.25) is 9.69 Å². The van der Waals surface area contributed by atoms with Crippen LogP contribution in [0.3, 0.4) is 0 Å². The molecule has 1 N–H and O–H groups in total. The average Bonchev–Trinajstić information content (AvgIpc) is 3.22. The minimum Gasteiger partial charge on any atom is -0.312 e. The molecule has 8 heteroatoms. The Kier molecular flexibility index (Phi) is 4.09. The Bertz CT molecular complexity index is 763. The van der Waals surface area contributed by atoms with Gasteiger partial charge in [0, 0.05) is 23.9 Å². The Labute approximate surface area is 145 Å². The number of carbonyl (C=O) groups is 1. The second-order valence-corrected chi connectivity index (χ2v) is 7.74. The number of aryl methyl sites for hydroxylation is 2. The number of hydrogen-bond donors (Lipinski definition) is 1. The molecule has 3 heterocycles. The quantitative estimate of drug-likeness (QED) is 0.895. The highest BCUT2D eigenvalue weighted by Gasteiger charge is 2.32. The molecule has 1 fully saturated rings. The van der Waals surface area contributed by atoms with E-state index in [1.54, 1.807) is 11.3 Å². The van der Waals surface area contributed by atoms with Crippen LogP contribution in [0, 0.1) is 6.92 Å². The molecule has 1 amide bonds. The summed E-state index contributed by atoms with van der Waals surface area (Å²) in [6.07, 6.45) is 3.36. The third-order valence-corrected chi connectivity index (χ3v) is 5.57. The molecule has 0 spiro atoms. The van der Waals surface area contributed by atoms with Crippen LogP contribution in [0.15, 0.2) is 0 Å². The van der Waals surface area contributed by atoms with E-state index in [-0.39, 0.29) is 5.91 Å². The Balaban J connectivity index is 1.36. The van der Waals surface area contributed by atoms with Gasteiger partial charge in [-0.2, -0.15) is 0 Å². The van der Waals surface area contributed by atoms with E-state index >= 15 is 0 Å². The summed E-state index contributed by atoms with van der Waals surface area (Å²) in [6.45, 7) is 6.90. The van der Waals surface area contributed by atoms with Crippen molar-refractivity contribution in [3.8, 4) is 0 Å². The molecule has 7 nitrogen and oxygen atoms in total. The van der Waals surface area contributed by atoms with E-state index in [0.717, 1.165) is 36.9 Å². The summed E-state index contributed by atoms with van der Waals surface area (Å²) >= 11 is 1.54. The maximum Gasteiger partial charge on any atom is 0.240 e. The SMILES string of the molecule is CCc1nc(NC(=O)CN2CCn3c(nnc3C3CC3)C2)sc1C. The van der Waals surface area contributed by atoms with Crippen LogP contribution in [0.25, 0.3) is 0 Å². The van der Waals surface area contributed by atoms with Crippen LogP contribution >= 0.6 is 11.3 Å². The van der Waals surface area contributed by atoms with Gasteiger partial charge >= 0.3 is 0 Å². The topological polar surface area (TPSA) is 75.9 Å². The molecular formula is C16H22N6OS. The van der Waals surface area contributed by atoms with E-state index in [0.29, 0.717) is 24.1 Å². The molecule has 1 saturated carbocycles. The van der Waals surface area contributed by atoms with Gasteiger partial charge < -0.3 is 9.88 Å². The number of carbonyl (C=O) groups excluding carboxylic acids is 1. The van der Waals surface area contributed by atoms with Crippen molar-refractivity contribution in [1.82, 2.24) is 24.6 Å². The van der Waals surface area contributed by atoms with Crippen molar-refractivity contribution in [1.29, 1.82) is 0 Å². The van der Waals surface area contributed by atoms with Gasteiger partial charge in [-0.15, -0.1) is 21.5 Å². The number of nitrogens with zero attached hydrogens (tertiary/aromatic N) is 5. The maximum absolute atomic E-state index is 12.3. The molecule has 0 saturated heterocycles. The predicted molar refractivity (Wildman–Crippen MR) is 92.1 cm³/mol. The molecular weight excluding hydrogens is 324 g/mol. The number of aromatic nitrogens is 4. The monoisotopic (exact) mass is 346 g/mol. The highest BCUT2D eigenvalue weighted by molar-refractivity contribution is 7.15. The van der Waals surface area contributed by atoms with Crippen molar-refractivity contribution in [3.05, 3.63) is 22.2 Å². The van der Waals surface area contributed by atoms with E-state index in [1.165, 1.54) is 17.7 Å². The highest BCUT2D eigenvalue weighted by Crippen LogP contribution is 2.39. The lowest BCUT2D eigenvalue weighted by molar-refractivity contribution is -0.117. The Morgan fingerprint density at radius 3 is 2.88 bits per heavy atom. The normalized spacial score (nSPS) is 17.8. The first-order valence-electron chi connectivity index (χ1n) is 8.54. The average molecular weight is 346 g/mol. The minimum absolute atomic E-state index is 0.0122. The fraction of sp³-hybridized carbons (Fsp3) is 0.625. The molecule has 1 aliphatic carbocycles. The van der Waals surface area contributed by atoms with E-state index in [9.17, 15) is 4.79 Å². The molecule has 128 valence electrons. The van der Waals surface area contributed by atoms with Crippen LogP contribution in [-0.2, 0) is 24.3 Å². The molecule has 2 aliphatic rings. The zero-order chi connectivity index (χ0) is 16.7. The number of rotatable bonds is 5. The third kappa shape index (κ3) is 3.08. The Morgan fingerprint density at radius 2 is 2.17 bits per heavy atom. The second kappa shape index (κ2) is 6.25. The molecule has 2 aromatic rings. The predicted octanol–water partition coefficient (Wildman–Crippen LogP) is 1.94. The van der Waals surface area contributed by atoms with E-state index in [2.05, 4.69) is 36.9 Å². The molecule has 0 radical (unpaired) electrons. The summed E-state index contributed by atoms with van der Waals surface area (Å²) < 4.78 is 2.24. The van der Waals surface area contributed by atoms with Gasteiger partial charge in [0.25, 0.3) is 0 Å². The fourth-order valence-electron chi connectivity index (χ4n) is 3.18. The number of nitrogens with one attached hydrogen (secondary N) is 1. The number of anilines is 1. The lowest BCUT2D eigenvalue weighted by Crippen LogP contribution is -2.39. The van der Waals surface area contributed by atoms with Gasteiger partial charge in [-0.1, -0.05) is 6.92 Å². The number of amides is 1. The summed E-state index contributed by atoms with van der Waals surface area (Å²) in [6, 6.07) is 0. The molecule has 0 aromatic carbocycles. The highest BCUT2D eigenvalue weighted by atomic mass is 32.1. The van der Waals surface area contributed by atoms with Gasteiger partial charge in [0.05, 0.1) is 18.8 Å². The molecule has 0 atom stereocenters. The van der Waals surface area contributed by atoms with Gasteiger partial charge in [0.1, 0.15) is 11.6 Å². The van der Waals surface area contributed by atoms with Crippen LogP contribution in [0.2, 0.25) is 0 Å². The second-order valence-electron chi connectivity index (χ2n) is 6.53. The van der Waals surface area contributed by atoms with Crippen molar-refractivity contribution in [3.63, 3.8) is 0 Å². The third-order valence-electron chi connectivity index (χ3n) is 4.64. The van der Waals surface area contributed by atoms with Crippen LogP contribution < -0.4 is 5.32 Å². The van der Waals surface area contributed by atoms with Gasteiger partial charge in [0.2, 0.25) is 5.91 Å². The number of hydrogen-bond acceptors (Lipinski definition) is 6. The number of fused-ring (bicyclic) bond motifs is 1. The van der Waals surface area contributed by atoms with Crippen LogP contribution in [-0.4, -0.2) is 43.6 Å². The summed E-state index contributed by atoms with van der Waals surface area (Å²) in [5.41, 5.74) is 1.06. The van der Waals surface area contributed by atoms with Crippen LogP contribution in [0.4, 0.5) is 5.13 Å². The van der Waals surface area contributed by atoms with Crippen molar-refractivity contribution >= 4 is 22.4 Å². The zero-order valence-electron chi connectivity index (χ0n) is 14.1. The minimum atomic E-state index is -0.0122. The van der Waals surface area contributed by atoms with Crippen molar-refractivity contribution in [2.75, 3.05) is 18.4 Å². The van der Waals surface area contributed by atoms with E-state index in [4.69, 9.17) is 0 Å². The summed E-state index contributed by atoms with van der Waals surface area (Å²) in [4.78, 5) is 20.1. The first-order valence-corrected chi connectivity index (χ1v) is 9.36. The first kappa shape index (κ1) is 15.7. The van der Waals surface area contributed by atoms with E-state index < -0.39 is 0 Å². The molecule has 1 aliphatic heterocycles. The van der Waals surface area contributed by atoms with Crippen molar-refractivity contribution in [2.45, 2.75) is 52.1 Å². The molecule has 24 heavy (non-hydrogen) atoms. The summed E-state index contributed by atoms with van der Waals surface area (Å²) in [7, 11) is 0. The first-order chi connectivity index (χ1) is 11.6. The molecule has 2 aromatic heterocycles. The Hall–Kier alpha value is -1.80. The number of thiazole rings is 1. The summed E-state index contributed by atoms with van der Waals surface area (Å²) in [5.74, 6) is 2.72. The largest absolute Gasteiger partial charge is 0.312 e. The van der Waals surface area contributed by atoms with Crippen molar-refractivity contribution in [2.24, 2.45) is 0 Å². The zero-order valence-corrected chi connectivity index (χ0v) is 14.9. The van der Waals surface area contributed by atoms with Crippen LogP contribution in [0.1, 0.15) is 47.9 Å². The lowest BCUT2D eigenvalue weighted by atomic mass is 10.3. The Morgan fingerprint density at radius 1 is 1.33 bits per heavy atom. The van der Waals surface area contributed by atoms with E-state index in [1.807, 2.05) is 6.92 Å². The summed E-state index contributed by atoms with van der Waals surface area (Å²) in [5, 5.41) is 12.3. The standard InChI is InChI=1S/C16H22N6OS/c1-3-12-10(2)24-16(17-12)18-14(23)9-21-6-7-22-13(8-21)19-20-15(22)11-4-5-11/h11H,3-9H2,1-2H3,(H,17,18,23). The van der Waals surface area contributed by atoms with Gasteiger partial charge in [-0.25, -0.2) is 4.98 Å².